The van der Waals surface area contributed by atoms with E-state index < -0.39 is 0 Å². The average molecular weight is 469 g/mol. The summed E-state index contributed by atoms with van der Waals surface area (Å²) in [7, 11) is 1.72. The van der Waals surface area contributed by atoms with Crippen LogP contribution >= 0.6 is 24.0 Å². The first-order valence-corrected chi connectivity index (χ1v) is 8.63. The fourth-order valence-electron chi connectivity index (χ4n) is 2.89. The minimum atomic E-state index is -0.230. The molecule has 5 nitrogen and oxygen atoms in total. The van der Waals surface area contributed by atoms with Crippen molar-refractivity contribution >= 4 is 35.8 Å². The van der Waals surface area contributed by atoms with Crippen molar-refractivity contribution in [1.29, 1.82) is 0 Å². The summed E-state index contributed by atoms with van der Waals surface area (Å²) in [5, 5.41) is 6.43. The molecule has 1 aliphatic heterocycles. The molecule has 0 bridgehead atoms. The Balaban J connectivity index is 0.00000243. The Bertz CT molecular complexity index is 714. The van der Waals surface area contributed by atoms with Gasteiger partial charge in [-0.3, -0.25) is 4.99 Å². The predicted molar refractivity (Wildman–Crippen MR) is 115 cm³/mol. The summed E-state index contributed by atoms with van der Waals surface area (Å²) in [6, 6.07) is 10.7. The Morgan fingerprint density at radius 3 is 2.46 bits per heavy atom. The maximum atomic E-state index is 13.2. The van der Waals surface area contributed by atoms with Gasteiger partial charge >= 0.3 is 0 Å². The Kier molecular flexibility index (Phi) is 8.08. The summed E-state index contributed by atoms with van der Waals surface area (Å²) in [6.45, 7) is 3.35. The van der Waals surface area contributed by atoms with E-state index in [1.807, 2.05) is 12.3 Å². The molecule has 140 valence electrons. The van der Waals surface area contributed by atoms with E-state index in [-0.39, 0.29) is 29.8 Å². The Morgan fingerprint density at radius 2 is 1.85 bits per heavy atom. The highest BCUT2D eigenvalue weighted by Gasteiger charge is 2.12. The quantitative estimate of drug-likeness (QED) is 0.401. The molecule has 1 aliphatic rings. The average Bonchev–Trinajstić information content (AvgIpc) is 3.17. The van der Waals surface area contributed by atoms with Crippen LogP contribution in [0.25, 0.3) is 0 Å². The predicted octanol–water partition coefficient (Wildman–Crippen LogP) is 3.30. The molecule has 0 amide bonds. The summed E-state index contributed by atoms with van der Waals surface area (Å²) in [5.74, 6) is 1.49. The van der Waals surface area contributed by atoms with Gasteiger partial charge in [-0.25, -0.2) is 9.37 Å². The Morgan fingerprint density at radius 1 is 1.12 bits per heavy atom. The number of nitrogens with zero attached hydrogens (tertiary/aromatic N) is 3. The second-order valence-electron chi connectivity index (χ2n) is 6.13. The van der Waals surface area contributed by atoms with Crippen LogP contribution in [0.15, 0.2) is 47.6 Å². The van der Waals surface area contributed by atoms with Crippen molar-refractivity contribution in [3.63, 3.8) is 0 Å². The van der Waals surface area contributed by atoms with E-state index >= 15 is 0 Å². The molecule has 1 fully saturated rings. The number of halogens is 2. The normalized spacial score (nSPS) is 14.1. The first kappa shape index (κ1) is 20.4. The van der Waals surface area contributed by atoms with Crippen LogP contribution in [0, 0.1) is 5.82 Å². The molecule has 1 saturated heterocycles. The molecule has 3 rings (SSSR count). The lowest BCUT2D eigenvalue weighted by molar-refractivity contribution is 0.624. The topological polar surface area (TPSA) is 52.6 Å². The number of rotatable bonds is 5. The lowest BCUT2D eigenvalue weighted by Gasteiger charge is -2.16. The zero-order chi connectivity index (χ0) is 17.5. The molecule has 0 aliphatic carbocycles. The third-order valence-electron chi connectivity index (χ3n) is 4.27. The lowest BCUT2D eigenvalue weighted by Crippen LogP contribution is -2.36. The van der Waals surface area contributed by atoms with E-state index in [4.69, 9.17) is 0 Å². The molecule has 7 heteroatoms. The molecule has 2 heterocycles. The highest BCUT2D eigenvalue weighted by molar-refractivity contribution is 14.0. The van der Waals surface area contributed by atoms with Gasteiger partial charge in [-0.2, -0.15) is 0 Å². The maximum Gasteiger partial charge on any atom is 0.191 e. The van der Waals surface area contributed by atoms with Crippen LogP contribution in [-0.2, 0) is 13.1 Å². The minimum Gasteiger partial charge on any atom is -0.357 e. The smallest absolute Gasteiger partial charge is 0.191 e. The molecule has 26 heavy (non-hydrogen) atoms. The molecule has 0 unspecified atom stereocenters. The monoisotopic (exact) mass is 469 g/mol. The van der Waals surface area contributed by atoms with Gasteiger partial charge in [0.2, 0.25) is 0 Å². The lowest BCUT2D eigenvalue weighted by atomic mass is 10.2. The van der Waals surface area contributed by atoms with Gasteiger partial charge in [0, 0.05) is 39.4 Å². The SMILES string of the molecule is CN=C(NCc1ccc(N2CCCC2)nc1)NCc1cccc(F)c1.I. The van der Waals surface area contributed by atoms with Gasteiger partial charge in [-0.05, 0) is 42.2 Å². The molecule has 1 aromatic heterocycles. The molecule has 0 radical (unpaired) electrons. The second-order valence-corrected chi connectivity index (χ2v) is 6.13. The van der Waals surface area contributed by atoms with E-state index in [0.29, 0.717) is 19.0 Å². The Hall–Kier alpha value is -1.90. The molecule has 0 atom stereocenters. The Labute approximate surface area is 171 Å². The van der Waals surface area contributed by atoms with Crippen LogP contribution < -0.4 is 15.5 Å². The fraction of sp³-hybridized carbons (Fsp3) is 0.368. The second kappa shape index (κ2) is 10.3. The number of aromatic nitrogens is 1. The number of guanidine groups is 1. The van der Waals surface area contributed by atoms with E-state index in [1.165, 1.54) is 25.0 Å². The maximum absolute atomic E-state index is 13.2. The number of hydrogen-bond donors (Lipinski definition) is 2. The third-order valence-corrected chi connectivity index (χ3v) is 4.27. The minimum absolute atomic E-state index is 0. The molecule has 2 aromatic rings. The summed E-state index contributed by atoms with van der Waals surface area (Å²) < 4.78 is 13.2. The number of nitrogens with one attached hydrogen (secondary N) is 2. The summed E-state index contributed by atoms with van der Waals surface area (Å²) in [4.78, 5) is 11.1. The first-order valence-electron chi connectivity index (χ1n) is 8.63. The third kappa shape index (κ3) is 5.82. The van der Waals surface area contributed by atoms with Gasteiger partial charge in [-0.1, -0.05) is 18.2 Å². The number of pyridine rings is 1. The zero-order valence-corrected chi connectivity index (χ0v) is 17.2. The van der Waals surface area contributed by atoms with Crippen LogP contribution in [0.2, 0.25) is 0 Å². The molecular formula is C19H25FIN5. The van der Waals surface area contributed by atoms with Crippen LogP contribution in [0.1, 0.15) is 24.0 Å². The molecular weight excluding hydrogens is 444 g/mol. The highest BCUT2D eigenvalue weighted by Crippen LogP contribution is 2.17. The molecule has 1 aromatic carbocycles. The largest absolute Gasteiger partial charge is 0.357 e. The van der Waals surface area contributed by atoms with Crippen LogP contribution in [0.4, 0.5) is 10.2 Å². The standard InChI is InChI=1S/C19H24FN5.HI/c1-21-19(23-12-15-5-4-6-17(20)11-15)24-14-16-7-8-18(22-13-16)25-9-2-3-10-25;/h4-8,11,13H,2-3,9-10,12,14H2,1H3,(H2,21,23,24);1H. The summed E-state index contributed by atoms with van der Waals surface area (Å²) >= 11 is 0. The van der Waals surface area contributed by atoms with Gasteiger partial charge in [0.15, 0.2) is 5.96 Å². The van der Waals surface area contributed by atoms with Gasteiger partial charge in [-0.15, -0.1) is 24.0 Å². The number of hydrogen-bond acceptors (Lipinski definition) is 3. The summed E-state index contributed by atoms with van der Waals surface area (Å²) in [6.07, 6.45) is 4.40. The fourth-order valence-corrected chi connectivity index (χ4v) is 2.89. The van der Waals surface area contributed by atoms with Crippen molar-refractivity contribution in [1.82, 2.24) is 15.6 Å². The van der Waals surface area contributed by atoms with Crippen LogP contribution in [-0.4, -0.2) is 31.1 Å². The van der Waals surface area contributed by atoms with Gasteiger partial charge < -0.3 is 15.5 Å². The van der Waals surface area contributed by atoms with Gasteiger partial charge in [0.25, 0.3) is 0 Å². The van der Waals surface area contributed by atoms with Gasteiger partial charge in [0.1, 0.15) is 11.6 Å². The van der Waals surface area contributed by atoms with E-state index in [9.17, 15) is 4.39 Å². The molecule has 0 spiro atoms. The van der Waals surface area contributed by atoms with Crippen molar-refractivity contribution in [3.05, 3.63) is 59.5 Å². The number of aliphatic imine (C=N–C) groups is 1. The highest BCUT2D eigenvalue weighted by atomic mass is 127. The van der Waals surface area contributed by atoms with E-state index in [1.54, 1.807) is 13.1 Å². The van der Waals surface area contributed by atoms with Gasteiger partial charge in [0.05, 0.1) is 0 Å². The van der Waals surface area contributed by atoms with E-state index in [2.05, 4.69) is 37.6 Å². The molecule has 2 N–H and O–H groups in total. The molecule has 0 saturated carbocycles. The van der Waals surface area contributed by atoms with Crippen LogP contribution in [0.5, 0.6) is 0 Å². The van der Waals surface area contributed by atoms with Crippen molar-refractivity contribution in [2.24, 2.45) is 4.99 Å². The zero-order valence-electron chi connectivity index (χ0n) is 14.9. The van der Waals surface area contributed by atoms with Crippen LogP contribution in [0.3, 0.4) is 0 Å². The number of benzene rings is 1. The summed E-state index contributed by atoms with van der Waals surface area (Å²) in [5.41, 5.74) is 1.97. The van der Waals surface area contributed by atoms with Crippen molar-refractivity contribution in [2.45, 2.75) is 25.9 Å². The number of anilines is 1. The van der Waals surface area contributed by atoms with Crippen molar-refractivity contribution in [3.8, 4) is 0 Å². The van der Waals surface area contributed by atoms with E-state index in [0.717, 1.165) is 30.0 Å². The van der Waals surface area contributed by atoms with Crippen molar-refractivity contribution < 1.29 is 4.39 Å². The van der Waals surface area contributed by atoms with Crippen molar-refractivity contribution in [2.75, 3.05) is 25.0 Å². The first-order chi connectivity index (χ1) is 12.2.